The van der Waals surface area contributed by atoms with Gasteiger partial charge < -0.3 is 19.7 Å². The van der Waals surface area contributed by atoms with Crippen molar-refractivity contribution >= 4 is 18.0 Å². The first-order valence-electron chi connectivity index (χ1n) is 8.38. The Balaban J connectivity index is 2.66. The van der Waals surface area contributed by atoms with Gasteiger partial charge in [-0.05, 0) is 18.9 Å². The van der Waals surface area contributed by atoms with E-state index < -0.39 is 30.4 Å². The van der Waals surface area contributed by atoms with Gasteiger partial charge in [0.15, 0.2) is 6.23 Å². The molecular weight excluding hydrogens is 332 g/mol. The molecule has 25 heavy (non-hydrogen) atoms. The third kappa shape index (κ3) is 6.35. The Kier molecular flexibility index (Phi) is 8.93. The number of rotatable bonds is 10. The number of amides is 2. The van der Waals surface area contributed by atoms with Crippen LogP contribution in [0.5, 0.6) is 0 Å². The van der Waals surface area contributed by atoms with Crippen molar-refractivity contribution in [1.82, 2.24) is 9.80 Å². The molecule has 0 bridgehead atoms. The van der Waals surface area contributed by atoms with E-state index in [9.17, 15) is 24.6 Å². The number of carbonyl (C=O) groups is 3. The fourth-order valence-electron chi connectivity index (χ4n) is 1.99. The van der Waals surface area contributed by atoms with Gasteiger partial charge in [0.05, 0.1) is 13.2 Å². The number of nitrogens with zero attached hydrogens (tertiary/aromatic N) is 2. The average Bonchev–Trinajstić information content (AvgIpc) is 2.57. The molecular formula is C16H26N2O7. The zero-order valence-electron chi connectivity index (χ0n) is 14.6. The summed E-state index contributed by atoms with van der Waals surface area (Å²) >= 11 is 0. The van der Waals surface area contributed by atoms with Crippen LogP contribution in [0.2, 0.25) is 0 Å². The number of aliphatic hydroxyl groups is 2. The van der Waals surface area contributed by atoms with Crippen molar-refractivity contribution in [3.05, 3.63) is 12.3 Å². The van der Waals surface area contributed by atoms with Crippen LogP contribution in [-0.2, 0) is 19.1 Å². The fourth-order valence-corrected chi connectivity index (χ4v) is 1.99. The van der Waals surface area contributed by atoms with E-state index in [1.165, 1.54) is 12.3 Å². The number of aliphatic hydroxyl groups excluding tert-OH is 2. The molecule has 9 heteroatoms. The first kappa shape index (κ1) is 20.9. The van der Waals surface area contributed by atoms with Crippen LogP contribution < -0.4 is 0 Å². The summed E-state index contributed by atoms with van der Waals surface area (Å²) in [5.74, 6) is -1.66. The Labute approximate surface area is 146 Å². The average molecular weight is 358 g/mol. The SMILES string of the molecule is CCCCOC(=O)CN1C=CC(O)N(C(O)C(=O)OCCCC)C1=O. The standard InChI is InChI=1S/C16H26N2O7/c1-3-5-9-24-13(20)11-17-8-7-12(19)18(16(17)23)14(21)15(22)25-10-6-4-2/h7-8,12,14,19,21H,3-6,9-11H2,1-2H3. The summed E-state index contributed by atoms with van der Waals surface area (Å²) in [6.07, 6.45) is 1.89. The molecule has 2 unspecified atom stereocenters. The maximum atomic E-state index is 12.3. The minimum absolute atomic E-state index is 0.105. The predicted octanol–water partition coefficient (Wildman–Crippen LogP) is 0.561. The molecule has 1 heterocycles. The molecule has 0 saturated carbocycles. The Bertz CT molecular complexity index is 495. The van der Waals surface area contributed by atoms with Crippen LogP contribution in [0, 0.1) is 0 Å². The molecule has 0 aliphatic carbocycles. The molecule has 9 nitrogen and oxygen atoms in total. The molecule has 0 spiro atoms. The number of carbonyl (C=O) groups excluding carboxylic acids is 3. The zero-order chi connectivity index (χ0) is 18.8. The molecule has 0 aromatic heterocycles. The summed E-state index contributed by atoms with van der Waals surface area (Å²) in [5.41, 5.74) is 0. The highest BCUT2D eigenvalue weighted by molar-refractivity contribution is 5.86. The number of urea groups is 1. The number of unbranched alkanes of at least 4 members (excludes halogenated alkanes) is 2. The van der Waals surface area contributed by atoms with Gasteiger partial charge >= 0.3 is 18.0 Å². The van der Waals surface area contributed by atoms with Crippen molar-refractivity contribution < 1.29 is 34.1 Å². The smallest absolute Gasteiger partial charge is 0.356 e. The van der Waals surface area contributed by atoms with Gasteiger partial charge in [-0.2, -0.15) is 0 Å². The quantitative estimate of drug-likeness (QED) is 0.433. The van der Waals surface area contributed by atoms with E-state index in [2.05, 4.69) is 0 Å². The Morgan fingerprint density at radius 3 is 2.40 bits per heavy atom. The van der Waals surface area contributed by atoms with Gasteiger partial charge in [-0.25, -0.2) is 9.59 Å². The second-order valence-corrected chi connectivity index (χ2v) is 5.54. The van der Waals surface area contributed by atoms with Crippen molar-refractivity contribution in [3.8, 4) is 0 Å². The van der Waals surface area contributed by atoms with Crippen LogP contribution in [-0.4, -0.2) is 70.2 Å². The minimum atomic E-state index is -1.97. The van der Waals surface area contributed by atoms with Crippen molar-refractivity contribution in [3.63, 3.8) is 0 Å². The molecule has 0 aromatic rings. The van der Waals surface area contributed by atoms with E-state index in [1.807, 2.05) is 13.8 Å². The maximum Gasteiger partial charge on any atom is 0.356 e. The normalized spacial score (nSPS) is 18.2. The lowest BCUT2D eigenvalue weighted by Crippen LogP contribution is -2.57. The van der Waals surface area contributed by atoms with E-state index in [0.717, 1.165) is 17.7 Å². The Hall–Kier alpha value is -2.13. The molecule has 142 valence electrons. The van der Waals surface area contributed by atoms with Crippen molar-refractivity contribution in [2.45, 2.75) is 52.0 Å². The number of ether oxygens (including phenoxy) is 2. The molecule has 2 amide bonds. The molecule has 1 rings (SSSR count). The van der Waals surface area contributed by atoms with Crippen molar-refractivity contribution in [1.29, 1.82) is 0 Å². The summed E-state index contributed by atoms with van der Waals surface area (Å²) < 4.78 is 9.81. The monoisotopic (exact) mass is 358 g/mol. The molecule has 2 atom stereocenters. The van der Waals surface area contributed by atoms with Crippen LogP contribution in [0.15, 0.2) is 12.3 Å². The molecule has 2 N–H and O–H groups in total. The summed E-state index contributed by atoms with van der Waals surface area (Å²) in [6, 6.07) is -0.901. The van der Waals surface area contributed by atoms with Crippen LogP contribution >= 0.6 is 0 Å². The van der Waals surface area contributed by atoms with Gasteiger partial charge in [-0.1, -0.05) is 26.7 Å². The highest BCUT2D eigenvalue weighted by atomic mass is 16.6. The summed E-state index contributed by atoms with van der Waals surface area (Å²) in [6.45, 7) is 3.82. The Morgan fingerprint density at radius 2 is 1.80 bits per heavy atom. The van der Waals surface area contributed by atoms with Crippen LogP contribution in [0.3, 0.4) is 0 Å². The highest BCUT2D eigenvalue weighted by Crippen LogP contribution is 2.16. The molecule has 1 aliphatic rings. The first-order chi connectivity index (χ1) is 11.9. The molecule has 0 radical (unpaired) electrons. The number of hydrogen-bond acceptors (Lipinski definition) is 7. The summed E-state index contributed by atoms with van der Waals surface area (Å²) in [4.78, 5) is 37.3. The number of esters is 2. The van der Waals surface area contributed by atoms with Crippen molar-refractivity contribution in [2.75, 3.05) is 19.8 Å². The van der Waals surface area contributed by atoms with Gasteiger partial charge in [-0.3, -0.25) is 14.6 Å². The number of hydrogen-bond donors (Lipinski definition) is 2. The van der Waals surface area contributed by atoms with Gasteiger partial charge in [0.25, 0.3) is 0 Å². The molecule has 1 aliphatic heterocycles. The van der Waals surface area contributed by atoms with E-state index in [1.54, 1.807) is 0 Å². The van der Waals surface area contributed by atoms with Crippen LogP contribution in [0.25, 0.3) is 0 Å². The molecule has 0 aromatic carbocycles. The highest BCUT2D eigenvalue weighted by Gasteiger charge is 2.38. The predicted molar refractivity (Wildman–Crippen MR) is 86.8 cm³/mol. The van der Waals surface area contributed by atoms with E-state index in [0.29, 0.717) is 17.7 Å². The minimum Gasteiger partial charge on any atom is -0.464 e. The molecule has 0 saturated heterocycles. The lowest BCUT2D eigenvalue weighted by atomic mass is 10.3. The third-order valence-corrected chi connectivity index (χ3v) is 3.47. The third-order valence-electron chi connectivity index (χ3n) is 3.47. The largest absolute Gasteiger partial charge is 0.464 e. The topological polar surface area (TPSA) is 117 Å². The van der Waals surface area contributed by atoms with Gasteiger partial charge in [-0.15, -0.1) is 0 Å². The zero-order valence-corrected chi connectivity index (χ0v) is 14.6. The van der Waals surface area contributed by atoms with Crippen LogP contribution in [0.1, 0.15) is 39.5 Å². The van der Waals surface area contributed by atoms with E-state index >= 15 is 0 Å². The second-order valence-electron chi connectivity index (χ2n) is 5.54. The Morgan fingerprint density at radius 1 is 1.20 bits per heavy atom. The second kappa shape index (κ2) is 10.7. The fraction of sp³-hybridized carbons (Fsp3) is 0.688. The lowest BCUT2D eigenvalue weighted by molar-refractivity contribution is -0.168. The lowest BCUT2D eigenvalue weighted by Gasteiger charge is -2.36. The maximum absolute atomic E-state index is 12.3. The van der Waals surface area contributed by atoms with Gasteiger partial charge in [0, 0.05) is 6.20 Å². The summed E-state index contributed by atoms with van der Waals surface area (Å²) in [7, 11) is 0. The molecule has 0 fully saturated rings. The van der Waals surface area contributed by atoms with Gasteiger partial charge in [0.1, 0.15) is 6.54 Å². The van der Waals surface area contributed by atoms with E-state index in [-0.39, 0.29) is 19.8 Å². The summed E-state index contributed by atoms with van der Waals surface area (Å²) in [5, 5.41) is 19.9. The van der Waals surface area contributed by atoms with E-state index in [4.69, 9.17) is 9.47 Å². The first-order valence-corrected chi connectivity index (χ1v) is 8.38. The van der Waals surface area contributed by atoms with Gasteiger partial charge in [0.2, 0.25) is 6.23 Å². The van der Waals surface area contributed by atoms with Crippen LogP contribution in [0.4, 0.5) is 4.79 Å². The van der Waals surface area contributed by atoms with Crippen molar-refractivity contribution in [2.24, 2.45) is 0 Å².